The number of alkyl carbamates (subject to hydrolysis) is 1. The largest absolute Gasteiger partial charge is 0.496 e. The number of aromatic nitrogens is 1. The summed E-state index contributed by atoms with van der Waals surface area (Å²) in [6, 6.07) is 10.8. The standard InChI is InChI=1S/C29H32BrN3O5/c1-18-19(2)27(37-5)22(20(3)26(18)36-4)9-8-16-38-29(35)32-15-13-21-11-12-24(23(30)17-21)33-28(34)25-10-6-7-14-31-25/h6-12,14,17H,13,15-16H2,1-5H3,(H,32,35)(H,33,34)/b9-8+. The summed E-state index contributed by atoms with van der Waals surface area (Å²) in [7, 11) is 3.29. The molecule has 0 fully saturated rings. The molecule has 0 bridgehead atoms. The van der Waals surface area contributed by atoms with Gasteiger partial charge >= 0.3 is 6.09 Å². The topological polar surface area (TPSA) is 98.8 Å². The first kappa shape index (κ1) is 28.7. The Morgan fingerprint density at radius 3 is 2.39 bits per heavy atom. The first-order valence-corrected chi connectivity index (χ1v) is 12.9. The Balaban J connectivity index is 1.48. The maximum Gasteiger partial charge on any atom is 0.407 e. The molecule has 0 spiro atoms. The van der Waals surface area contributed by atoms with Gasteiger partial charge in [0.25, 0.3) is 5.91 Å². The highest BCUT2D eigenvalue weighted by Gasteiger charge is 2.17. The number of ether oxygens (including phenoxy) is 3. The zero-order chi connectivity index (χ0) is 27.7. The molecule has 8 nitrogen and oxygen atoms in total. The van der Waals surface area contributed by atoms with Crippen LogP contribution in [0.3, 0.4) is 0 Å². The van der Waals surface area contributed by atoms with Gasteiger partial charge in [0.2, 0.25) is 0 Å². The van der Waals surface area contributed by atoms with E-state index in [0.29, 0.717) is 24.3 Å². The van der Waals surface area contributed by atoms with E-state index in [4.69, 9.17) is 14.2 Å². The molecule has 0 radical (unpaired) electrons. The summed E-state index contributed by atoms with van der Waals surface area (Å²) in [5.41, 5.74) is 5.84. The van der Waals surface area contributed by atoms with Crippen LogP contribution in [0.5, 0.6) is 11.5 Å². The van der Waals surface area contributed by atoms with Crippen molar-refractivity contribution < 1.29 is 23.8 Å². The third-order valence-electron chi connectivity index (χ3n) is 6.10. The van der Waals surface area contributed by atoms with E-state index in [1.165, 1.54) is 0 Å². The molecule has 2 amide bonds. The molecular formula is C29H32BrN3O5. The highest BCUT2D eigenvalue weighted by Crippen LogP contribution is 2.38. The average molecular weight is 582 g/mol. The van der Waals surface area contributed by atoms with Crippen molar-refractivity contribution in [2.24, 2.45) is 0 Å². The van der Waals surface area contributed by atoms with Crippen LogP contribution in [-0.4, -0.2) is 44.4 Å². The molecule has 1 heterocycles. The Labute approximate surface area is 231 Å². The number of halogens is 1. The molecule has 0 unspecified atom stereocenters. The van der Waals surface area contributed by atoms with Crippen LogP contribution in [0.25, 0.3) is 6.08 Å². The van der Waals surface area contributed by atoms with Crippen molar-refractivity contribution in [2.75, 3.05) is 32.7 Å². The minimum absolute atomic E-state index is 0.111. The third kappa shape index (κ3) is 7.13. The lowest BCUT2D eigenvalue weighted by Gasteiger charge is -2.18. The van der Waals surface area contributed by atoms with E-state index in [1.807, 2.05) is 39.0 Å². The van der Waals surface area contributed by atoms with E-state index in [0.717, 1.165) is 43.8 Å². The first-order valence-electron chi connectivity index (χ1n) is 12.1. The van der Waals surface area contributed by atoms with Gasteiger partial charge in [-0.2, -0.15) is 0 Å². The average Bonchev–Trinajstić information content (AvgIpc) is 2.91. The molecule has 0 aliphatic carbocycles. The molecule has 38 heavy (non-hydrogen) atoms. The molecule has 0 saturated carbocycles. The molecule has 2 aromatic carbocycles. The molecule has 2 N–H and O–H groups in total. The minimum Gasteiger partial charge on any atom is -0.496 e. The van der Waals surface area contributed by atoms with Crippen molar-refractivity contribution in [2.45, 2.75) is 27.2 Å². The van der Waals surface area contributed by atoms with Crippen molar-refractivity contribution >= 4 is 39.7 Å². The summed E-state index contributed by atoms with van der Waals surface area (Å²) in [4.78, 5) is 28.5. The summed E-state index contributed by atoms with van der Waals surface area (Å²) in [6.07, 6.45) is 5.31. The smallest absolute Gasteiger partial charge is 0.407 e. The molecule has 0 saturated heterocycles. The Morgan fingerprint density at radius 2 is 1.74 bits per heavy atom. The van der Waals surface area contributed by atoms with Crippen molar-refractivity contribution in [3.05, 3.63) is 86.7 Å². The maximum atomic E-state index is 12.3. The lowest BCUT2D eigenvalue weighted by Crippen LogP contribution is -2.26. The zero-order valence-corrected chi connectivity index (χ0v) is 23.8. The van der Waals surface area contributed by atoms with Crippen molar-refractivity contribution in [3.8, 4) is 11.5 Å². The second-order valence-electron chi connectivity index (χ2n) is 8.52. The predicted molar refractivity (Wildman–Crippen MR) is 152 cm³/mol. The quantitative estimate of drug-likeness (QED) is 0.303. The lowest BCUT2D eigenvalue weighted by atomic mass is 9.97. The van der Waals surface area contributed by atoms with Gasteiger partial charge in [-0.3, -0.25) is 9.78 Å². The van der Waals surface area contributed by atoms with Crippen LogP contribution in [0.4, 0.5) is 10.5 Å². The normalized spacial score (nSPS) is 10.8. The Bertz CT molecular complexity index is 1330. The number of carbonyl (C=O) groups is 2. The number of anilines is 1. The molecular weight excluding hydrogens is 550 g/mol. The van der Waals surface area contributed by atoms with Gasteiger partial charge in [0.15, 0.2) is 0 Å². The molecule has 3 aromatic rings. The number of hydrogen-bond donors (Lipinski definition) is 2. The summed E-state index contributed by atoms with van der Waals surface area (Å²) in [5, 5.41) is 5.59. The lowest BCUT2D eigenvalue weighted by molar-refractivity contribution is 0.102. The second-order valence-corrected chi connectivity index (χ2v) is 9.37. The van der Waals surface area contributed by atoms with Crippen LogP contribution in [0.15, 0.2) is 53.1 Å². The first-order chi connectivity index (χ1) is 18.3. The molecule has 200 valence electrons. The highest BCUT2D eigenvalue weighted by molar-refractivity contribution is 9.10. The van der Waals surface area contributed by atoms with E-state index in [9.17, 15) is 9.59 Å². The van der Waals surface area contributed by atoms with Crippen LogP contribution in [0.2, 0.25) is 0 Å². The fourth-order valence-electron chi connectivity index (χ4n) is 4.03. The van der Waals surface area contributed by atoms with Gasteiger partial charge in [0, 0.05) is 28.3 Å². The summed E-state index contributed by atoms with van der Waals surface area (Å²) in [6.45, 7) is 6.47. The van der Waals surface area contributed by atoms with Gasteiger partial charge < -0.3 is 24.8 Å². The molecule has 9 heteroatoms. The Kier molecular flexibility index (Phi) is 10.3. The number of nitrogens with zero attached hydrogens (tertiary/aromatic N) is 1. The van der Waals surface area contributed by atoms with Crippen LogP contribution in [0.1, 0.15) is 38.3 Å². The third-order valence-corrected chi connectivity index (χ3v) is 6.75. The molecule has 0 aliphatic rings. The monoisotopic (exact) mass is 581 g/mol. The van der Waals surface area contributed by atoms with E-state index in [2.05, 4.69) is 31.5 Å². The highest BCUT2D eigenvalue weighted by atomic mass is 79.9. The van der Waals surface area contributed by atoms with E-state index >= 15 is 0 Å². The van der Waals surface area contributed by atoms with Gasteiger partial charge in [0.05, 0.1) is 19.9 Å². The number of carbonyl (C=O) groups excluding carboxylic acids is 2. The molecule has 1 aromatic heterocycles. The summed E-state index contributed by atoms with van der Waals surface area (Å²) < 4.78 is 17.2. The van der Waals surface area contributed by atoms with E-state index in [1.54, 1.807) is 50.8 Å². The van der Waals surface area contributed by atoms with Gasteiger partial charge in [-0.15, -0.1) is 0 Å². The van der Waals surface area contributed by atoms with E-state index in [-0.39, 0.29) is 12.5 Å². The number of hydrogen-bond acceptors (Lipinski definition) is 6. The minimum atomic E-state index is -0.505. The van der Waals surface area contributed by atoms with Crippen molar-refractivity contribution in [1.82, 2.24) is 10.3 Å². The zero-order valence-electron chi connectivity index (χ0n) is 22.2. The number of rotatable bonds is 10. The number of nitrogens with one attached hydrogen (secondary N) is 2. The molecule has 3 rings (SSSR count). The second kappa shape index (κ2) is 13.6. The molecule has 0 atom stereocenters. The summed E-state index contributed by atoms with van der Waals surface area (Å²) >= 11 is 3.49. The van der Waals surface area contributed by atoms with Gasteiger partial charge in [0.1, 0.15) is 23.8 Å². The Hall–Kier alpha value is -3.85. The maximum absolute atomic E-state index is 12.3. The number of methoxy groups -OCH3 is 2. The van der Waals surface area contributed by atoms with Crippen LogP contribution < -0.4 is 20.1 Å². The van der Waals surface area contributed by atoms with Crippen LogP contribution >= 0.6 is 15.9 Å². The number of benzene rings is 2. The fraction of sp³-hybridized carbons (Fsp3) is 0.276. The van der Waals surface area contributed by atoms with Crippen LogP contribution in [0, 0.1) is 20.8 Å². The van der Waals surface area contributed by atoms with Crippen molar-refractivity contribution in [3.63, 3.8) is 0 Å². The number of pyridine rings is 1. The SMILES string of the molecule is COc1c(C)c(C)c(OC)c(/C=C/COC(=O)NCCc2ccc(NC(=O)c3ccccn3)c(Br)c2)c1C. The van der Waals surface area contributed by atoms with Gasteiger partial charge in [-0.25, -0.2) is 4.79 Å². The van der Waals surface area contributed by atoms with Gasteiger partial charge in [-0.05, 0) is 90.2 Å². The van der Waals surface area contributed by atoms with Crippen molar-refractivity contribution in [1.29, 1.82) is 0 Å². The van der Waals surface area contributed by atoms with Gasteiger partial charge in [-0.1, -0.05) is 18.2 Å². The number of amides is 2. The van der Waals surface area contributed by atoms with E-state index < -0.39 is 6.09 Å². The van der Waals surface area contributed by atoms with Crippen LogP contribution in [-0.2, 0) is 11.2 Å². The Morgan fingerprint density at radius 1 is 1.00 bits per heavy atom. The predicted octanol–water partition coefficient (Wildman–Crippen LogP) is 6.02. The molecule has 0 aliphatic heterocycles. The fourth-order valence-corrected chi connectivity index (χ4v) is 4.56. The summed E-state index contributed by atoms with van der Waals surface area (Å²) in [5.74, 6) is 1.30.